The first kappa shape index (κ1) is 21.2. The highest BCUT2D eigenvalue weighted by Gasteiger charge is 2.38. The molecule has 0 aliphatic carbocycles. The van der Waals surface area contributed by atoms with Crippen molar-refractivity contribution in [3.63, 3.8) is 0 Å². The number of anilines is 1. The van der Waals surface area contributed by atoms with E-state index in [2.05, 4.69) is 0 Å². The number of imide groups is 1. The summed E-state index contributed by atoms with van der Waals surface area (Å²) in [6, 6.07) is 20.9. The number of rotatable bonds is 5. The molecule has 8 heteroatoms. The Hall–Kier alpha value is -3.68. The van der Waals surface area contributed by atoms with Gasteiger partial charge in [-0.15, -0.1) is 11.3 Å². The minimum Gasteiger partial charge on any atom is -0.497 e. The molecule has 6 nitrogen and oxygen atoms in total. The number of fused-ring (bicyclic) bond motifs is 2. The fourth-order valence-electron chi connectivity index (χ4n) is 3.81. The number of amides is 3. The molecule has 0 spiro atoms. The van der Waals surface area contributed by atoms with Crippen LogP contribution in [0.3, 0.4) is 0 Å². The third-order valence-electron chi connectivity index (χ3n) is 5.52. The highest BCUT2D eigenvalue weighted by Crippen LogP contribution is 2.37. The van der Waals surface area contributed by atoms with E-state index in [4.69, 9.17) is 16.3 Å². The van der Waals surface area contributed by atoms with Crippen LogP contribution < -0.4 is 9.64 Å². The van der Waals surface area contributed by atoms with Gasteiger partial charge in [-0.2, -0.15) is 0 Å². The van der Waals surface area contributed by atoms with Crippen LogP contribution in [0.5, 0.6) is 5.75 Å². The van der Waals surface area contributed by atoms with Crippen LogP contribution in [0.1, 0.15) is 30.4 Å². The van der Waals surface area contributed by atoms with Crippen LogP contribution in [0.25, 0.3) is 10.1 Å². The van der Waals surface area contributed by atoms with Crippen molar-refractivity contribution in [1.29, 1.82) is 0 Å². The van der Waals surface area contributed by atoms with Gasteiger partial charge >= 0.3 is 0 Å². The van der Waals surface area contributed by atoms with Crippen LogP contribution >= 0.6 is 22.9 Å². The summed E-state index contributed by atoms with van der Waals surface area (Å²) >= 11 is 7.85. The Balaban J connectivity index is 1.56. The van der Waals surface area contributed by atoms with E-state index in [1.54, 1.807) is 55.6 Å². The van der Waals surface area contributed by atoms with Gasteiger partial charge in [-0.1, -0.05) is 41.9 Å². The number of halogens is 1. The maximum Gasteiger partial charge on any atom is 0.271 e. The van der Waals surface area contributed by atoms with Crippen molar-refractivity contribution in [3.8, 4) is 5.75 Å². The third kappa shape index (κ3) is 3.55. The second kappa shape index (κ2) is 8.35. The number of hydrogen-bond acceptors (Lipinski definition) is 5. The van der Waals surface area contributed by atoms with E-state index in [0.717, 1.165) is 15.0 Å². The molecule has 0 fully saturated rings. The molecule has 1 aliphatic rings. The van der Waals surface area contributed by atoms with Crippen molar-refractivity contribution < 1.29 is 19.1 Å². The Morgan fingerprint density at radius 3 is 2.15 bits per heavy atom. The largest absolute Gasteiger partial charge is 0.497 e. The number of methoxy groups -OCH3 is 1. The van der Waals surface area contributed by atoms with E-state index in [-0.39, 0.29) is 6.67 Å². The zero-order valence-electron chi connectivity index (χ0n) is 17.4. The van der Waals surface area contributed by atoms with Crippen LogP contribution in [0.15, 0.2) is 72.8 Å². The van der Waals surface area contributed by atoms with Gasteiger partial charge in [0.05, 0.1) is 23.3 Å². The lowest BCUT2D eigenvalue weighted by atomic mass is 10.1. The summed E-state index contributed by atoms with van der Waals surface area (Å²) in [5, 5.41) is 1.13. The first-order chi connectivity index (χ1) is 16.0. The molecule has 33 heavy (non-hydrogen) atoms. The van der Waals surface area contributed by atoms with Gasteiger partial charge in [0.1, 0.15) is 17.3 Å². The highest BCUT2D eigenvalue weighted by molar-refractivity contribution is 7.21. The first-order valence-corrected chi connectivity index (χ1v) is 11.3. The molecule has 1 aliphatic heterocycles. The SMILES string of the molecule is COc1ccc(N(CN2C(=O)c3ccccc3C2=O)C(=O)c2sc3ccccc3c2Cl)cc1. The number of thiophene rings is 1. The Labute approximate surface area is 198 Å². The minimum absolute atomic E-state index is 0.248. The molecule has 0 atom stereocenters. The Morgan fingerprint density at radius 1 is 0.939 bits per heavy atom. The van der Waals surface area contributed by atoms with Gasteiger partial charge in [-0.25, -0.2) is 0 Å². The minimum atomic E-state index is -0.440. The molecular formula is C25H17ClN2O4S. The van der Waals surface area contributed by atoms with E-state index in [0.29, 0.717) is 32.5 Å². The predicted octanol–water partition coefficient (Wildman–Crippen LogP) is 5.46. The Kier molecular flexibility index (Phi) is 5.36. The van der Waals surface area contributed by atoms with E-state index >= 15 is 0 Å². The molecule has 164 valence electrons. The van der Waals surface area contributed by atoms with Gasteiger partial charge in [-0.3, -0.25) is 24.2 Å². The normalized spacial score (nSPS) is 12.8. The smallest absolute Gasteiger partial charge is 0.271 e. The van der Waals surface area contributed by atoms with Crippen molar-refractivity contribution in [2.24, 2.45) is 0 Å². The molecule has 1 aromatic heterocycles. The van der Waals surface area contributed by atoms with Crippen LogP contribution in [0.2, 0.25) is 5.02 Å². The lowest BCUT2D eigenvalue weighted by Gasteiger charge is -2.27. The van der Waals surface area contributed by atoms with Crippen LogP contribution in [-0.2, 0) is 0 Å². The molecule has 3 amide bonds. The van der Waals surface area contributed by atoms with E-state index in [9.17, 15) is 14.4 Å². The summed E-state index contributed by atoms with van der Waals surface area (Å²) in [6.45, 7) is -0.248. The van der Waals surface area contributed by atoms with Gasteiger partial charge in [0, 0.05) is 15.8 Å². The fraction of sp³-hybridized carbons (Fsp3) is 0.0800. The summed E-state index contributed by atoms with van der Waals surface area (Å²) in [6.07, 6.45) is 0. The average Bonchev–Trinajstić information content (AvgIpc) is 3.31. The molecule has 2 heterocycles. The van der Waals surface area contributed by atoms with Crippen molar-refractivity contribution in [2.45, 2.75) is 0 Å². The lowest BCUT2D eigenvalue weighted by molar-refractivity contribution is 0.0650. The van der Waals surface area contributed by atoms with Gasteiger partial charge in [0.2, 0.25) is 0 Å². The van der Waals surface area contributed by atoms with Gasteiger partial charge in [0.15, 0.2) is 0 Å². The van der Waals surface area contributed by atoms with Crippen molar-refractivity contribution in [3.05, 3.63) is 93.8 Å². The molecule has 3 aromatic carbocycles. The number of carbonyl (C=O) groups excluding carboxylic acids is 3. The van der Waals surface area contributed by atoms with E-state index in [1.807, 2.05) is 24.3 Å². The summed E-state index contributed by atoms with van der Waals surface area (Å²) in [5.41, 5.74) is 1.15. The van der Waals surface area contributed by atoms with Gasteiger partial charge < -0.3 is 4.74 Å². The fourth-order valence-corrected chi connectivity index (χ4v) is 5.27. The maximum atomic E-state index is 13.7. The molecule has 0 bridgehead atoms. The summed E-state index contributed by atoms with van der Waals surface area (Å²) in [4.78, 5) is 42.5. The third-order valence-corrected chi connectivity index (χ3v) is 7.18. The van der Waals surface area contributed by atoms with Gasteiger partial charge in [-0.05, 0) is 42.5 Å². The maximum absolute atomic E-state index is 13.7. The Bertz CT molecular complexity index is 1380. The predicted molar refractivity (Wildman–Crippen MR) is 128 cm³/mol. The summed E-state index contributed by atoms with van der Waals surface area (Å²) in [5.74, 6) is -0.664. The molecule has 0 unspecified atom stereocenters. The molecule has 0 saturated carbocycles. The van der Waals surface area contributed by atoms with Gasteiger partial charge in [0.25, 0.3) is 17.7 Å². The number of nitrogens with zero attached hydrogens (tertiary/aromatic N) is 2. The van der Waals surface area contributed by atoms with Crippen molar-refractivity contribution in [1.82, 2.24) is 4.90 Å². The monoisotopic (exact) mass is 476 g/mol. The van der Waals surface area contributed by atoms with E-state index < -0.39 is 17.7 Å². The average molecular weight is 477 g/mol. The molecule has 4 aromatic rings. The van der Waals surface area contributed by atoms with E-state index in [1.165, 1.54) is 16.2 Å². The number of hydrogen-bond donors (Lipinski definition) is 0. The number of ether oxygens (including phenoxy) is 1. The molecular weight excluding hydrogens is 460 g/mol. The molecule has 5 rings (SSSR count). The topological polar surface area (TPSA) is 66.9 Å². The zero-order chi connectivity index (χ0) is 23.1. The Morgan fingerprint density at radius 2 is 1.55 bits per heavy atom. The summed E-state index contributed by atoms with van der Waals surface area (Å²) < 4.78 is 6.10. The summed E-state index contributed by atoms with van der Waals surface area (Å²) in [7, 11) is 1.55. The second-order valence-electron chi connectivity index (χ2n) is 7.40. The van der Waals surface area contributed by atoms with Crippen LogP contribution in [-0.4, -0.2) is 36.4 Å². The second-order valence-corrected chi connectivity index (χ2v) is 8.83. The number of carbonyl (C=O) groups is 3. The molecule has 0 radical (unpaired) electrons. The number of benzene rings is 3. The van der Waals surface area contributed by atoms with Crippen molar-refractivity contribution in [2.75, 3.05) is 18.7 Å². The van der Waals surface area contributed by atoms with Crippen LogP contribution in [0.4, 0.5) is 5.69 Å². The van der Waals surface area contributed by atoms with Crippen molar-refractivity contribution >= 4 is 56.4 Å². The lowest BCUT2D eigenvalue weighted by Crippen LogP contribution is -2.44. The standard InChI is InChI=1S/C25H17ClN2O4S/c1-32-16-12-10-15(11-13-16)27(14-28-23(29)17-6-2-3-7-18(17)24(28)30)25(31)22-21(26)19-8-4-5-9-20(19)33-22/h2-13H,14H2,1H3. The molecule has 0 N–H and O–H groups in total. The quantitative estimate of drug-likeness (QED) is 0.358. The highest BCUT2D eigenvalue weighted by atomic mass is 35.5. The first-order valence-electron chi connectivity index (χ1n) is 10.1. The van der Waals surface area contributed by atoms with Crippen LogP contribution in [0, 0.1) is 0 Å². The zero-order valence-corrected chi connectivity index (χ0v) is 19.0. The molecule has 0 saturated heterocycles.